The van der Waals surface area contributed by atoms with Crippen LogP contribution in [0.15, 0.2) is 39.7 Å². The van der Waals surface area contributed by atoms with Crippen LogP contribution < -0.4 is 5.84 Å². The lowest BCUT2D eigenvalue weighted by Crippen LogP contribution is -2.07. The largest absolute Gasteiger partial charge is 0.444 e. The van der Waals surface area contributed by atoms with Gasteiger partial charge in [-0.3, -0.25) is 0 Å². The molecule has 3 aromatic rings. The van der Waals surface area contributed by atoms with Crippen LogP contribution in [-0.2, 0) is 5.75 Å². The molecule has 0 aliphatic rings. The summed E-state index contributed by atoms with van der Waals surface area (Å²) >= 11 is 3.06. The number of nitrogens with zero attached hydrogens (tertiary/aromatic N) is 4. The Bertz CT molecular complexity index is 630. The highest BCUT2D eigenvalue weighted by atomic mass is 32.2. The lowest BCUT2D eigenvalue weighted by molar-refractivity contribution is 0.575. The highest BCUT2D eigenvalue weighted by Crippen LogP contribution is 2.26. The van der Waals surface area contributed by atoms with Gasteiger partial charge in [0.2, 0.25) is 11.0 Å². The smallest absolute Gasteiger partial charge is 0.236 e. The molecule has 18 heavy (non-hydrogen) atoms. The van der Waals surface area contributed by atoms with E-state index in [1.807, 2.05) is 17.5 Å². The second kappa shape index (κ2) is 4.83. The summed E-state index contributed by atoms with van der Waals surface area (Å²) in [5.41, 5.74) is 0.853. The van der Waals surface area contributed by atoms with Crippen LogP contribution >= 0.6 is 23.1 Å². The van der Waals surface area contributed by atoms with Crippen molar-refractivity contribution in [3.8, 4) is 10.8 Å². The van der Waals surface area contributed by atoms with E-state index in [2.05, 4.69) is 15.2 Å². The fraction of sp³-hybridized carbons (Fsp3) is 0.100. The normalized spacial score (nSPS) is 10.9. The van der Waals surface area contributed by atoms with Crippen LogP contribution in [0.2, 0.25) is 0 Å². The van der Waals surface area contributed by atoms with Crippen LogP contribution in [0.25, 0.3) is 10.8 Å². The van der Waals surface area contributed by atoms with Crippen molar-refractivity contribution < 1.29 is 4.42 Å². The van der Waals surface area contributed by atoms with Crippen LogP contribution in [0.3, 0.4) is 0 Å². The van der Waals surface area contributed by atoms with E-state index in [4.69, 9.17) is 10.3 Å². The van der Waals surface area contributed by atoms with Gasteiger partial charge in [0.05, 0.1) is 10.6 Å². The van der Waals surface area contributed by atoms with Crippen molar-refractivity contribution in [2.45, 2.75) is 10.9 Å². The summed E-state index contributed by atoms with van der Waals surface area (Å²) < 4.78 is 6.80. The molecule has 0 fully saturated rings. The average Bonchev–Trinajstić information content (AvgIpc) is 3.08. The summed E-state index contributed by atoms with van der Waals surface area (Å²) in [5.74, 6) is 6.91. The second-order valence-electron chi connectivity index (χ2n) is 3.43. The third-order valence-corrected chi connectivity index (χ3v) is 4.02. The zero-order chi connectivity index (χ0) is 12.4. The maximum atomic E-state index is 5.62. The molecule has 3 aromatic heterocycles. The maximum Gasteiger partial charge on any atom is 0.236 e. The molecular formula is C10H9N5OS2. The number of hydrogen-bond donors (Lipinski definition) is 1. The van der Waals surface area contributed by atoms with Crippen molar-refractivity contribution >= 4 is 23.1 Å². The Morgan fingerprint density at radius 3 is 3.17 bits per heavy atom. The molecule has 0 unspecified atom stereocenters. The number of nitrogen functional groups attached to an aromatic ring is 1. The summed E-state index contributed by atoms with van der Waals surface area (Å²) in [7, 11) is 0. The van der Waals surface area contributed by atoms with Crippen LogP contribution in [0.4, 0.5) is 0 Å². The topological polar surface area (TPSA) is 82.8 Å². The van der Waals surface area contributed by atoms with Crippen molar-refractivity contribution in [2.24, 2.45) is 0 Å². The fourth-order valence-corrected chi connectivity index (χ4v) is 2.73. The van der Waals surface area contributed by atoms with E-state index in [0.717, 1.165) is 10.6 Å². The standard InChI is InChI=1S/C10H9N5OS2/c11-15-6-12-14-10(15)18-5-7-4-16-9(13-7)8-2-1-3-17-8/h1-4,6H,5,11H2. The number of aromatic nitrogens is 4. The summed E-state index contributed by atoms with van der Waals surface area (Å²) in [5, 5.41) is 10.2. The first-order valence-electron chi connectivity index (χ1n) is 5.09. The number of rotatable bonds is 4. The van der Waals surface area contributed by atoms with E-state index < -0.39 is 0 Å². The summed E-state index contributed by atoms with van der Waals surface area (Å²) in [6, 6.07) is 3.94. The number of nitrogens with two attached hydrogens (primary N) is 1. The highest BCUT2D eigenvalue weighted by molar-refractivity contribution is 7.98. The van der Waals surface area contributed by atoms with E-state index in [1.165, 1.54) is 22.8 Å². The van der Waals surface area contributed by atoms with Crippen LogP contribution in [-0.4, -0.2) is 19.9 Å². The Kier molecular flexibility index (Phi) is 3.03. The molecule has 3 rings (SSSR count). The van der Waals surface area contributed by atoms with E-state index in [9.17, 15) is 0 Å². The van der Waals surface area contributed by atoms with Crippen molar-refractivity contribution in [1.82, 2.24) is 19.9 Å². The van der Waals surface area contributed by atoms with Gasteiger partial charge < -0.3 is 10.3 Å². The maximum absolute atomic E-state index is 5.62. The van der Waals surface area contributed by atoms with Gasteiger partial charge in [0, 0.05) is 5.75 Å². The van der Waals surface area contributed by atoms with Gasteiger partial charge in [-0.2, -0.15) is 0 Å². The molecule has 0 aliphatic heterocycles. The average molecular weight is 279 g/mol. The van der Waals surface area contributed by atoms with Gasteiger partial charge in [0.15, 0.2) is 0 Å². The summed E-state index contributed by atoms with van der Waals surface area (Å²) in [4.78, 5) is 5.43. The minimum absolute atomic E-state index is 0.644. The lowest BCUT2D eigenvalue weighted by atomic mass is 10.5. The third-order valence-electron chi connectivity index (χ3n) is 2.17. The first-order valence-corrected chi connectivity index (χ1v) is 6.95. The number of thioether (sulfide) groups is 1. The van der Waals surface area contributed by atoms with Gasteiger partial charge >= 0.3 is 0 Å². The molecule has 0 aromatic carbocycles. The molecule has 3 heterocycles. The third kappa shape index (κ3) is 2.24. The molecule has 0 radical (unpaired) electrons. The molecule has 0 bridgehead atoms. The van der Waals surface area contributed by atoms with Gasteiger partial charge in [0.1, 0.15) is 12.6 Å². The molecule has 92 valence electrons. The Labute approximate surface area is 111 Å². The Balaban J connectivity index is 1.69. The monoisotopic (exact) mass is 279 g/mol. The molecular weight excluding hydrogens is 270 g/mol. The van der Waals surface area contributed by atoms with Crippen LogP contribution in [0, 0.1) is 0 Å². The highest BCUT2D eigenvalue weighted by Gasteiger charge is 2.09. The predicted molar refractivity (Wildman–Crippen MR) is 69.5 cm³/mol. The van der Waals surface area contributed by atoms with Crippen molar-refractivity contribution in [2.75, 3.05) is 5.84 Å². The van der Waals surface area contributed by atoms with E-state index in [-0.39, 0.29) is 0 Å². The number of hydrogen-bond acceptors (Lipinski definition) is 7. The molecule has 0 saturated carbocycles. The molecule has 0 spiro atoms. The molecule has 8 heteroatoms. The Morgan fingerprint density at radius 2 is 2.44 bits per heavy atom. The van der Waals surface area contributed by atoms with E-state index >= 15 is 0 Å². The van der Waals surface area contributed by atoms with Gasteiger partial charge in [-0.25, -0.2) is 9.66 Å². The molecule has 6 nitrogen and oxygen atoms in total. The molecule has 0 amide bonds. The van der Waals surface area contributed by atoms with Crippen molar-refractivity contribution in [1.29, 1.82) is 0 Å². The minimum Gasteiger partial charge on any atom is -0.444 e. The Morgan fingerprint density at radius 1 is 1.50 bits per heavy atom. The summed E-state index contributed by atoms with van der Waals surface area (Å²) in [6.45, 7) is 0. The van der Waals surface area contributed by atoms with Crippen LogP contribution in [0.5, 0.6) is 0 Å². The minimum atomic E-state index is 0.644. The van der Waals surface area contributed by atoms with Gasteiger partial charge in [-0.15, -0.1) is 21.5 Å². The van der Waals surface area contributed by atoms with Gasteiger partial charge in [0.25, 0.3) is 0 Å². The molecule has 0 atom stereocenters. The lowest BCUT2D eigenvalue weighted by Gasteiger charge is -1.96. The van der Waals surface area contributed by atoms with E-state index in [1.54, 1.807) is 17.6 Å². The van der Waals surface area contributed by atoms with Gasteiger partial charge in [-0.1, -0.05) is 17.8 Å². The fourth-order valence-electron chi connectivity index (χ4n) is 1.36. The zero-order valence-electron chi connectivity index (χ0n) is 9.18. The van der Waals surface area contributed by atoms with E-state index in [0.29, 0.717) is 16.8 Å². The summed E-state index contributed by atoms with van der Waals surface area (Å²) in [6.07, 6.45) is 3.11. The molecule has 2 N–H and O–H groups in total. The zero-order valence-corrected chi connectivity index (χ0v) is 10.8. The van der Waals surface area contributed by atoms with Crippen molar-refractivity contribution in [3.05, 3.63) is 35.8 Å². The van der Waals surface area contributed by atoms with Gasteiger partial charge in [-0.05, 0) is 11.4 Å². The number of oxazole rings is 1. The number of thiophene rings is 1. The predicted octanol–water partition coefficient (Wildman–Crippen LogP) is 2.00. The quantitative estimate of drug-likeness (QED) is 0.581. The van der Waals surface area contributed by atoms with Crippen molar-refractivity contribution in [3.63, 3.8) is 0 Å². The van der Waals surface area contributed by atoms with Crippen LogP contribution in [0.1, 0.15) is 5.69 Å². The Hall–Kier alpha value is -1.80. The SMILES string of the molecule is Nn1cnnc1SCc1coc(-c2cccs2)n1. The first kappa shape index (κ1) is 11.3. The first-order chi connectivity index (χ1) is 8.83. The molecule has 0 aliphatic carbocycles. The molecule has 0 saturated heterocycles. The second-order valence-corrected chi connectivity index (χ2v) is 5.32.